The summed E-state index contributed by atoms with van der Waals surface area (Å²) in [6.45, 7) is 0.363. The van der Waals surface area contributed by atoms with E-state index in [0.717, 1.165) is 10.0 Å². The number of hydrogen-bond donors (Lipinski definition) is 1. The molecule has 5 nitrogen and oxygen atoms in total. The molecule has 1 N–H and O–H groups in total. The second kappa shape index (κ2) is 7.11. The quantitative estimate of drug-likeness (QED) is 0.747. The number of nitrogens with one attached hydrogen (secondary N) is 1. The van der Waals surface area contributed by atoms with Gasteiger partial charge in [-0.1, -0.05) is 28.1 Å². The third kappa shape index (κ3) is 3.70. The van der Waals surface area contributed by atoms with Crippen molar-refractivity contribution in [3.63, 3.8) is 0 Å². The van der Waals surface area contributed by atoms with Crippen LogP contribution in [-0.4, -0.2) is 9.97 Å². The number of ether oxygens (including phenoxy) is 1. The smallest absolute Gasteiger partial charge is 0.251 e. The number of aromatic nitrogens is 2. The number of aromatic amines is 1. The first-order valence-corrected chi connectivity index (χ1v) is 7.92. The molecule has 1 heterocycles. The molecule has 0 radical (unpaired) electrons. The molecule has 0 amide bonds. The molecule has 118 valence electrons. The molecule has 24 heavy (non-hydrogen) atoms. The van der Waals surface area contributed by atoms with Gasteiger partial charge in [-0.3, -0.25) is 4.79 Å². The maximum absolute atomic E-state index is 11.4. The number of nitrogens with zero attached hydrogens (tertiary/aromatic N) is 2. The number of hydrogen-bond acceptors (Lipinski definition) is 4. The minimum absolute atomic E-state index is 0.242. The average molecular weight is 382 g/mol. The Morgan fingerprint density at radius 2 is 1.96 bits per heavy atom. The van der Waals surface area contributed by atoms with Crippen molar-refractivity contribution < 1.29 is 4.74 Å². The van der Waals surface area contributed by atoms with Crippen LogP contribution in [0.3, 0.4) is 0 Å². The lowest BCUT2D eigenvalue weighted by molar-refractivity contribution is 0.305. The van der Waals surface area contributed by atoms with Gasteiger partial charge in [-0.2, -0.15) is 5.26 Å². The predicted octanol–water partition coefficient (Wildman–Crippen LogP) is 3.65. The van der Waals surface area contributed by atoms with Crippen LogP contribution >= 0.6 is 15.9 Å². The van der Waals surface area contributed by atoms with Crippen LogP contribution in [0.4, 0.5) is 0 Å². The Kier molecular flexibility index (Phi) is 4.73. The highest BCUT2D eigenvalue weighted by Crippen LogP contribution is 2.24. The second-order valence-corrected chi connectivity index (χ2v) is 5.94. The van der Waals surface area contributed by atoms with Crippen LogP contribution in [0.5, 0.6) is 5.75 Å². The molecule has 0 unspecified atom stereocenters. The molecule has 0 aliphatic heterocycles. The molecule has 2 aromatic carbocycles. The molecule has 0 saturated heterocycles. The van der Waals surface area contributed by atoms with Crippen molar-refractivity contribution >= 4 is 15.9 Å². The van der Waals surface area contributed by atoms with Crippen LogP contribution in [-0.2, 0) is 6.61 Å². The number of halogens is 1. The Labute approximate surface area is 146 Å². The number of rotatable bonds is 4. The highest BCUT2D eigenvalue weighted by molar-refractivity contribution is 9.10. The van der Waals surface area contributed by atoms with Gasteiger partial charge in [0, 0.05) is 22.3 Å². The van der Waals surface area contributed by atoms with E-state index in [1.807, 2.05) is 24.3 Å². The summed E-state index contributed by atoms with van der Waals surface area (Å²) in [7, 11) is 0. The Bertz CT molecular complexity index is 959. The van der Waals surface area contributed by atoms with Crippen LogP contribution in [0, 0.1) is 11.3 Å². The van der Waals surface area contributed by atoms with E-state index >= 15 is 0 Å². The summed E-state index contributed by atoms with van der Waals surface area (Å²) in [5.41, 5.74) is 1.80. The fraction of sp³-hybridized carbons (Fsp3) is 0.0556. The van der Waals surface area contributed by atoms with Crippen LogP contribution in [0.2, 0.25) is 0 Å². The summed E-state index contributed by atoms with van der Waals surface area (Å²) in [4.78, 5) is 18.1. The summed E-state index contributed by atoms with van der Waals surface area (Å²) in [6.07, 6.45) is 1.43. The molecule has 0 saturated carbocycles. The standard InChI is InChI=1S/C18H12BrN3O2/c19-15-4-1-12(2-5-15)11-24-16-6-3-13(9-14(16)10-20)18-21-8-7-17(23)22-18/h1-9H,11H2,(H,21,22,23). The molecular weight excluding hydrogens is 370 g/mol. The highest BCUT2D eigenvalue weighted by atomic mass is 79.9. The fourth-order valence-electron chi connectivity index (χ4n) is 2.15. The predicted molar refractivity (Wildman–Crippen MR) is 93.5 cm³/mol. The molecule has 0 aliphatic carbocycles. The van der Waals surface area contributed by atoms with E-state index in [2.05, 4.69) is 32.0 Å². The lowest BCUT2D eigenvalue weighted by Crippen LogP contribution is -2.06. The van der Waals surface area contributed by atoms with Crippen molar-refractivity contribution in [3.05, 3.63) is 80.7 Å². The third-order valence-electron chi connectivity index (χ3n) is 3.35. The Morgan fingerprint density at radius 1 is 1.17 bits per heavy atom. The Hall–Kier alpha value is -2.91. The van der Waals surface area contributed by atoms with Gasteiger partial charge in [0.15, 0.2) is 0 Å². The van der Waals surface area contributed by atoms with Crippen LogP contribution in [0.15, 0.2) is 64.0 Å². The van der Waals surface area contributed by atoms with Crippen molar-refractivity contribution in [2.24, 2.45) is 0 Å². The van der Waals surface area contributed by atoms with E-state index in [-0.39, 0.29) is 5.56 Å². The Morgan fingerprint density at radius 3 is 2.67 bits per heavy atom. The van der Waals surface area contributed by atoms with E-state index in [4.69, 9.17) is 4.74 Å². The Balaban J connectivity index is 1.83. The lowest BCUT2D eigenvalue weighted by atomic mass is 10.1. The lowest BCUT2D eigenvalue weighted by Gasteiger charge is -2.09. The zero-order chi connectivity index (χ0) is 16.9. The molecule has 0 fully saturated rings. The van der Waals surface area contributed by atoms with Gasteiger partial charge in [0.2, 0.25) is 0 Å². The molecule has 0 spiro atoms. The van der Waals surface area contributed by atoms with Gasteiger partial charge in [0.05, 0.1) is 5.56 Å². The zero-order valence-corrected chi connectivity index (χ0v) is 14.1. The molecule has 1 aromatic heterocycles. The molecule has 0 aliphatic rings. The largest absolute Gasteiger partial charge is 0.488 e. The zero-order valence-electron chi connectivity index (χ0n) is 12.5. The van der Waals surface area contributed by atoms with E-state index in [0.29, 0.717) is 29.3 Å². The van der Waals surface area contributed by atoms with Crippen molar-refractivity contribution in [1.29, 1.82) is 5.26 Å². The van der Waals surface area contributed by atoms with Crippen LogP contribution in [0.1, 0.15) is 11.1 Å². The number of benzene rings is 2. The molecule has 3 aromatic rings. The highest BCUT2D eigenvalue weighted by Gasteiger charge is 2.08. The van der Waals surface area contributed by atoms with Crippen molar-refractivity contribution in [2.45, 2.75) is 6.61 Å². The topological polar surface area (TPSA) is 78.8 Å². The van der Waals surface area contributed by atoms with Gasteiger partial charge < -0.3 is 9.72 Å². The van der Waals surface area contributed by atoms with Gasteiger partial charge in [0.25, 0.3) is 5.56 Å². The van der Waals surface area contributed by atoms with Gasteiger partial charge in [-0.05, 0) is 35.9 Å². The third-order valence-corrected chi connectivity index (χ3v) is 3.88. The van der Waals surface area contributed by atoms with Gasteiger partial charge in [0.1, 0.15) is 24.3 Å². The van der Waals surface area contributed by atoms with Gasteiger partial charge in [-0.25, -0.2) is 4.98 Å². The minimum Gasteiger partial charge on any atom is -0.488 e. The number of H-pyrrole nitrogens is 1. The van der Waals surface area contributed by atoms with Crippen molar-refractivity contribution in [3.8, 4) is 23.2 Å². The molecule has 3 rings (SSSR count). The summed E-state index contributed by atoms with van der Waals surface area (Å²) in [6, 6.07) is 16.3. The number of nitriles is 1. The fourth-order valence-corrected chi connectivity index (χ4v) is 2.41. The van der Waals surface area contributed by atoms with Crippen LogP contribution < -0.4 is 10.3 Å². The van der Waals surface area contributed by atoms with Gasteiger partial charge >= 0.3 is 0 Å². The maximum Gasteiger partial charge on any atom is 0.251 e. The second-order valence-electron chi connectivity index (χ2n) is 5.02. The minimum atomic E-state index is -0.242. The first-order valence-electron chi connectivity index (χ1n) is 7.13. The average Bonchev–Trinajstić information content (AvgIpc) is 2.61. The first-order chi connectivity index (χ1) is 11.7. The molecule has 0 atom stereocenters. The normalized spacial score (nSPS) is 10.2. The summed E-state index contributed by atoms with van der Waals surface area (Å²) in [5, 5.41) is 9.35. The first kappa shape index (κ1) is 16.0. The van der Waals surface area contributed by atoms with Crippen molar-refractivity contribution in [1.82, 2.24) is 9.97 Å². The van der Waals surface area contributed by atoms with Gasteiger partial charge in [-0.15, -0.1) is 0 Å². The molecule has 6 heteroatoms. The molecular formula is C18H12BrN3O2. The monoisotopic (exact) mass is 381 g/mol. The summed E-state index contributed by atoms with van der Waals surface area (Å²) < 4.78 is 6.74. The van der Waals surface area contributed by atoms with E-state index in [9.17, 15) is 10.1 Å². The van der Waals surface area contributed by atoms with E-state index in [1.54, 1.807) is 18.2 Å². The summed E-state index contributed by atoms with van der Waals surface area (Å²) >= 11 is 3.38. The van der Waals surface area contributed by atoms with Crippen molar-refractivity contribution in [2.75, 3.05) is 0 Å². The maximum atomic E-state index is 11.4. The molecule has 0 bridgehead atoms. The van der Waals surface area contributed by atoms with Crippen LogP contribution in [0.25, 0.3) is 11.4 Å². The van der Waals surface area contributed by atoms with E-state index in [1.165, 1.54) is 12.3 Å². The SMILES string of the molecule is N#Cc1cc(-c2nccc(=O)[nH]2)ccc1OCc1ccc(Br)cc1. The van der Waals surface area contributed by atoms with E-state index < -0.39 is 0 Å². The summed E-state index contributed by atoms with van der Waals surface area (Å²) in [5.74, 6) is 0.904.